The highest BCUT2D eigenvalue weighted by atomic mass is 79.9. The number of carbonyl (C=O) groups excluding carboxylic acids is 2. The fourth-order valence-electron chi connectivity index (χ4n) is 1.90. The number of hydrogen-bond donors (Lipinski definition) is 2. The summed E-state index contributed by atoms with van der Waals surface area (Å²) < 4.78 is 73.1. The van der Waals surface area contributed by atoms with Crippen LogP contribution in [0.5, 0.6) is 0 Å². The summed E-state index contributed by atoms with van der Waals surface area (Å²) in [5.74, 6) is -3.95. The number of benzene rings is 2. The molecule has 0 atom stereocenters. The molecule has 170 valence electrons. The maximum Gasteiger partial charge on any atom is 0.471 e. The van der Waals surface area contributed by atoms with Crippen LogP contribution in [0.25, 0.3) is 0 Å². The van der Waals surface area contributed by atoms with E-state index < -0.39 is 24.2 Å². The number of hydrogen-bond acceptors (Lipinski definition) is 2. The number of halogens is 9. The molecule has 0 aliphatic carbocycles. The molecule has 2 rings (SSSR count). The third-order valence-corrected chi connectivity index (χ3v) is 5.02. The van der Waals surface area contributed by atoms with Crippen LogP contribution in [-0.4, -0.2) is 24.2 Å². The van der Waals surface area contributed by atoms with E-state index in [1.165, 1.54) is 12.1 Å². The summed E-state index contributed by atoms with van der Waals surface area (Å²) in [5, 5.41) is 3.97. The standard InChI is InChI=1S/C9H6Br2F3NO.C9H7BrF3NO/c10-4-5-1-2-6(11)3-7(5)15-8(16)9(12,13)14;1-5-2-3-6(10)4-7(5)14-8(15)9(11,12)13/h1-3H,4H2,(H,15,16);2-4H,1H3,(H,14,15). The Morgan fingerprint density at radius 1 is 0.806 bits per heavy atom. The SMILES string of the molecule is Cc1ccc(Br)cc1NC(=O)C(F)(F)F.O=C(Nc1cc(Br)ccc1CBr)C(F)(F)F. The van der Waals surface area contributed by atoms with Gasteiger partial charge in [0.1, 0.15) is 0 Å². The summed E-state index contributed by atoms with van der Waals surface area (Å²) in [6, 6.07) is 9.42. The Labute approximate surface area is 198 Å². The fourth-order valence-corrected chi connectivity index (χ4v) is 3.11. The summed E-state index contributed by atoms with van der Waals surface area (Å²) in [4.78, 5) is 21.4. The predicted molar refractivity (Wildman–Crippen MR) is 115 cm³/mol. The van der Waals surface area contributed by atoms with Crippen LogP contribution in [0.1, 0.15) is 11.1 Å². The number of carbonyl (C=O) groups is 2. The second-order valence-corrected chi connectivity index (χ2v) is 8.19. The molecule has 0 unspecified atom stereocenters. The van der Waals surface area contributed by atoms with Gasteiger partial charge in [-0.05, 0) is 42.3 Å². The third-order valence-electron chi connectivity index (χ3n) is 3.43. The largest absolute Gasteiger partial charge is 0.471 e. The highest BCUT2D eigenvalue weighted by Crippen LogP contribution is 2.26. The van der Waals surface area contributed by atoms with Gasteiger partial charge >= 0.3 is 24.2 Å². The van der Waals surface area contributed by atoms with Crippen molar-refractivity contribution in [2.45, 2.75) is 24.6 Å². The van der Waals surface area contributed by atoms with Crippen LogP contribution < -0.4 is 10.6 Å². The lowest BCUT2D eigenvalue weighted by Gasteiger charge is -2.11. The average molecular weight is 643 g/mol. The van der Waals surface area contributed by atoms with E-state index in [9.17, 15) is 35.9 Å². The van der Waals surface area contributed by atoms with Gasteiger partial charge in [0.15, 0.2) is 0 Å². The van der Waals surface area contributed by atoms with Crippen LogP contribution in [0.15, 0.2) is 45.3 Å². The molecule has 0 aliphatic rings. The molecule has 13 heteroatoms. The summed E-state index contributed by atoms with van der Waals surface area (Å²) in [5.41, 5.74) is 1.41. The minimum atomic E-state index is -4.88. The lowest BCUT2D eigenvalue weighted by atomic mass is 10.2. The number of aryl methyl sites for hydroxylation is 1. The maximum atomic E-state index is 12.0. The van der Waals surface area contributed by atoms with Crippen LogP contribution >= 0.6 is 47.8 Å². The molecular weight excluding hydrogens is 630 g/mol. The molecule has 2 aromatic carbocycles. The van der Waals surface area contributed by atoms with E-state index >= 15 is 0 Å². The molecule has 0 radical (unpaired) electrons. The van der Waals surface area contributed by atoms with E-state index in [0.29, 0.717) is 25.4 Å². The third kappa shape index (κ3) is 9.19. The van der Waals surface area contributed by atoms with Crippen molar-refractivity contribution in [3.05, 3.63) is 56.5 Å². The lowest BCUT2D eigenvalue weighted by Crippen LogP contribution is -2.30. The maximum absolute atomic E-state index is 12.0. The molecule has 0 heterocycles. The van der Waals surface area contributed by atoms with Crippen LogP contribution in [0.3, 0.4) is 0 Å². The summed E-state index contributed by atoms with van der Waals surface area (Å²) in [7, 11) is 0. The van der Waals surface area contributed by atoms with Crippen molar-refractivity contribution in [2.75, 3.05) is 10.6 Å². The van der Waals surface area contributed by atoms with Crippen molar-refractivity contribution in [2.24, 2.45) is 0 Å². The fraction of sp³-hybridized carbons (Fsp3) is 0.222. The van der Waals surface area contributed by atoms with Gasteiger partial charge in [-0.15, -0.1) is 0 Å². The van der Waals surface area contributed by atoms with Crippen LogP contribution in [0, 0.1) is 6.92 Å². The first-order valence-electron chi connectivity index (χ1n) is 8.02. The summed E-state index contributed by atoms with van der Waals surface area (Å²) >= 11 is 9.35. The smallest absolute Gasteiger partial charge is 0.318 e. The van der Waals surface area contributed by atoms with E-state index in [0.717, 1.165) is 0 Å². The Bertz CT molecular complexity index is 949. The summed E-state index contributed by atoms with van der Waals surface area (Å²) in [6.07, 6.45) is -9.75. The molecular formula is C18H13Br3F6N2O2. The number of amides is 2. The van der Waals surface area contributed by atoms with Crippen molar-refractivity contribution in [1.82, 2.24) is 0 Å². The quantitative estimate of drug-likeness (QED) is 0.277. The molecule has 0 aromatic heterocycles. The van der Waals surface area contributed by atoms with Gasteiger partial charge in [-0.1, -0.05) is 59.9 Å². The highest BCUT2D eigenvalue weighted by molar-refractivity contribution is 9.10. The van der Waals surface area contributed by atoms with E-state index in [4.69, 9.17) is 0 Å². The molecule has 0 saturated heterocycles. The van der Waals surface area contributed by atoms with Crippen molar-refractivity contribution in [3.8, 4) is 0 Å². The van der Waals surface area contributed by atoms with Crippen molar-refractivity contribution in [3.63, 3.8) is 0 Å². The zero-order valence-corrected chi connectivity index (χ0v) is 20.1. The van der Waals surface area contributed by atoms with Crippen LogP contribution in [0.2, 0.25) is 0 Å². The van der Waals surface area contributed by atoms with Crippen molar-refractivity contribution < 1.29 is 35.9 Å². The van der Waals surface area contributed by atoms with Gasteiger partial charge < -0.3 is 10.6 Å². The lowest BCUT2D eigenvalue weighted by molar-refractivity contribution is -0.167. The molecule has 0 saturated carbocycles. The van der Waals surface area contributed by atoms with Gasteiger partial charge in [0.2, 0.25) is 0 Å². The number of nitrogens with one attached hydrogen (secondary N) is 2. The molecule has 0 aliphatic heterocycles. The minimum absolute atomic E-state index is 0.133. The molecule has 2 amide bonds. The first kappa shape index (κ1) is 27.4. The van der Waals surface area contributed by atoms with Crippen molar-refractivity contribution >= 4 is 71.0 Å². The van der Waals surface area contributed by atoms with E-state index in [2.05, 4.69) is 47.8 Å². The van der Waals surface area contributed by atoms with Gasteiger partial charge in [-0.3, -0.25) is 9.59 Å². The van der Waals surface area contributed by atoms with Gasteiger partial charge in [-0.2, -0.15) is 26.3 Å². The van der Waals surface area contributed by atoms with E-state index in [1.54, 1.807) is 36.5 Å². The van der Waals surface area contributed by atoms with Gasteiger partial charge in [0.05, 0.1) is 0 Å². The van der Waals surface area contributed by atoms with Crippen molar-refractivity contribution in [1.29, 1.82) is 0 Å². The molecule has 0 fully saturated rings. The van der Waals surface area contributed by atoms with Gasteiger partial charge in [-0.25, -0.2) is 0 Å². The molecule has 0 spiro atoms. The monoisotopic (exact) mass is 640 g/mol. The minimum Gasteiger partial charge on any atom is -0.318 e. The zero-order valence-electron chi connectivity index (χ0n) is 15.4. The number of rotatable bonds is 3. The normalized spacial score (nSPS) is 11.3. The Morgan fingerprint density at radius 3 is 1.68 bits per heavy atom. The van der Waals surface area contributed by atoms with Crippen LogP contribution in [-0.2, 0) is 14.9 Å². The summed E-state index contributed by atoms with van der Waals surface area (Å²) in [6.45, 7) is 1.61. The molecule has 31 heavy (non-hydrogen) atoms. The molecule has 2 aromatic rings. The van der Waals surface area contributed by atoms with Crippen LogP contribution in [0.4, 0.5) is 37.7 Å². The zero-order chi connectivity index (χ0) is 24.0. The van der Waals surface area contributed by atoms with Gasteiger partial charge in [0, 0.05) is 25.7 Å². The molecule has 4 nitrogen and oxygen atoms in total. The first-order valence-corrected chi connectivity index (χ1v) is 10.7. The predicted octanol–water partition coefficient (Wildman–Crippen LogP) is 7.10. The second-order valence-electron chi connectivity index (χ2n) is 5.80. The topological polar surface area (TPSA) is 58.2 Å². The number of anilines is 2. The molecule has 2 N–H and O–H groups in total. The Balaban J connectivity index is 0.000000311. The highest BCUT2D eigenvalue weighted by Gasteiger charge is 2.39. The Morgan fingerprint density at radius 2 is 1.23 bits per heavy atom. The first-order chi connectivity index (χ1) is 14.1. The Kier molecular flexibility index (Phi) is 10.0. The van der Waals surface area contributed by atoms with Gasteiger partial charge in [0.25, 0.3) is 0 Å². The van der Waals surface area contributed by atoms with E-state index in [1.807, 2.05) is 5.32 Å². The molecule has 0 bridgehead atoms. The van der Waals surface area contributed by atoms with E-state index in [-0.39, 0.29) is 11.4 Å². The number of alkyl halides is 7. The Hall–Kier alpha value is -1.60. The average Bonchev–Trinajstić information content (AvgIpc) is 2.64. The second kappa shape index (κ2) is 11.3.